The van der Waals surface area contributed by atoms with Gasteiger partial charge >= 0.3 is 5.97 Å². The largest absolute Gasteiger partial charge is 0.467 e. The van der Waals surface area contributed by atoms with Crippen LogP contribution in [0, 0.1) is 5.92 Å². The number of esters is 1. The van der Waals surface area contributed by atoms with Crippen LogP contribution in [-0.2, 0) is 25.7 Å². The van der Waals surface area contributed by atoms with Crippen molar-refractivity contribution in [2.45, 2.75) is 37.1 Å². The summed E-state index contributed by atoms with van der Waals surface area (Å²) in [4.78, 5) is 24.5. The summed E-state index contributed by atoms with van der Waals surface area (Å²) in [6, 6.07) is 9.56. The highest BCUT2D eigenvalue weighted by atomic mass is 16.5. The van der Waals surface area contributed by atoms with Gasteiger partial charge in [0.25, 0.3) is 0 Å². The lowest BCUT2D eigenvalue weighted by molar-refractivity contribution is -0.147. The molecule has 6 heteroatoms. The molecule has 1 aliphatic carbocycles. The van der Waals surface area contributed by atoms with Crippen molar-refractivity contribution >= 4 is 11.9 Å². The first-order valence-electron chi connectivity index (χ1n) is 8.51. The van der Waals surface area contributed by atoms with Gasteiger partial charge in [0.2, 0.25) is 5.91 Å². The molecule has 25 heavy (non-hydrogen) atoms. The van der Waals surface area contributed by atoms with Crippen LogP contribution in [-0.4, -0.2) is 43.2 Å². The fourth-order valence-corrected chi connectivity index (χ4v) is 3.31. The Hall–Kier alpha value is -2.18. The zero-order valence-corrected chi connectivity index (χ0v) is 14.4. The van der Waals surface area contributed by atoms with Crippen LogP contribution in [0.5, 0.6) is 0 Å². The van der Waals surface area contributed by atoms with Gasteiger partial charge in [-0.25, -0.2) is 4.79 Å². The van der Waals surface area contributed by atoms with Gasteiger partial charge < -0.3 is 20.1 Å². The molecule has 3 rings (SSSR count). The number of carbonyl (C=O) groups is 2. The standard InChI is InChI=1S/C19H24N2O4/c1-3-14-10-19(14,18(23)24-2)21-17(22)16-9-15(11-20-16)25-12-13-7-5-4-6-8-13/h3-8,14-16,20H,1,9-12H2,2H3,(H,21,22)/t14?,15-,16?,19-/m1/s1. The second-order valence-electron chi connectivity index (χ2n) is 6.61. The van der Waals surface area contributed by atoms with Gasteiger partial charge in [0.05, 0.1) is 25.9 Å². The summed E-state index contributed by atoms with van der Waals surface area (Å²) in [5.74, 6) is -0.684. The number of methoxy groups -OCH3 is 1. The van der Waals surface area contributed by atoms with Gasteiger partial charge in [-0.15, -0.1) is 6.58 Å². The van der Waals surface area contributed by atoms with Crippen LogP contribution < -0.4 is 10.6 Å². The lowest BCUT2D eigenvalue weighted by Crippen LogP contribution is -2.51. The lowest BCUT2D eigenvalue weighted by Gasteiger charge is -2.19. The summed E-state index contributed by atoms with van der Waals surface area (Å²) in [5, 5.41) is 6.02. The molecule has 1 aromatic rings. The van der Waals surface area contributed by atoms with E-state index in [9.17, 15) is 9.59 Å². The maximum absolute atomic E-state index is 12.5. The Kier molecular flexibility index (Phi) is 5.20. The van der Waals surface area contributed by atoms with Crippen LogP contribution in [0.25, 0.3) is 0 Å². The van der Waals surface area contributed by atoms with E-state index in [2.05, 4.69) is 17.2 Å². The smallest absolute Gasteiger partial charge is 0.332 e. The molecule has 1 aliphatic heterocycles. The monoisotopic (exact) mass is 344 g/mol. The first-order valence-corrected chi connectivity index (χ1v) is 8.51. The van der Waals surface area contributed by atoms with Crippen molar-refractivity contribution in [1.82, 2.24) is 10.6 Å². The zero-order chi connectivity index (χ0) is 17.9. The number of nitrogens with one attached hydrogen (secondary N) is 2. The molecule has 0 spiro atoms. The topological polar surface area (TPSA) is 76.7 Å². The van der Waals surface area contributed by atoms with Gasteiger partial charge in [-0.3, -0.25) is 4.79 Å². The Balaban J connectivity index is 1.51. The molecule has 2 fully saturated rings. The number of carbonyl (C=O) groups excluding carboxylic acids is 2. The molecule has 2 unspecified atom stereocenters. The molecular weight excluding hydrogens is 320 g/mol. The van der Waals surface area contributed by atoms with Gasteiger partial charge in [0.1, 0.15) is 5.54 Å². The summed E-state index contributed by atoms with van der Waals surface area (Å²) in [6.07, 6.45) is 2.77. The van der Waals surface area contributed by atoms with Crippen molar-refractivity contribution in [3.05, 3.63) is 48.6 Å². The molecule has 1 saturated heterocycles. The molecule has 0 bridgehead atoms. The van der Waals surface area contributed by atoms with E-state index in [0.29, 0.717) is 26.0 Å². The highest BCUT2D eigenvalue weighted by Crippen LogP contribution is 2.45. The van der Waals surface area contributed by atoms with Crippen LogP contribution in [0.4, 0.5) is 0 Å². The maximum atomic E-state index is 12.5. The van der Waals surface area contributed by atoms with Gasteiger partial charge in [-0.2, -0.15) is 0 Å². The van der Waals surface area contributed by atoms with Crippen molar-refractivity contribution < 1.29 is 19.1 Å². The van der Waals surface area contributed by atoms with Crippen LogP contribution in [0.1, 0.15) is 18.4 Å². The molecule has 0 radical (unpaired) electrons. The van der Waals surface area contributed by atoms with Crippen LogP contribution in [0.15, 0.2) is 43.0 Å². The summed E-state index contributed by atoms with van der Waals surface area (Å²) in [7, 11) is 1.33. The first kappa shape index (κ1) is 17.6. The minimum absolute atomic E-state index is 0.0283. The fourth-order valence-electron chi connectivity index (χ4n) is 3.31. The minimum Gasteiger partial charge on any atom is -0.467 e. The summed E-state index contributed by atoms with van der Waals surface area (Å²) >= 11 is 0. The fraction of sp³-hybridized carbons (Fsp3) is 0.474. The predicted molar refractivity (Wildman–Crippen MR) is 92.6 cm³/mol. The van der Waals surface area contributed by atoms with Crippen molar-refractivity contribution in [2.24, 2.45) is 5.92 Å². The lowest BCUT2D eigenvalue weighted by atomic mass is 10.1. The quantitative estimate of drug-likeness (QED) is 0.574. The Labute approximate surface area is 147 Å². The third-order valence-corrected chi connectivity index (χ3v) is 4.93. The van der Waals surface area contributed by atoms with Crippen LogP contribution in [0.2, 0.25) is 0 Å². The minimum atomic E-state index is -0.946. The Morgan fingerprint density at radius 1 is 1.40 bits per heavy atom. The van der Waals surface area contributed by atoms with E-state index in [1.165, 1.54) is 7.11 Å². The van der Waals surface area contributed by atoms with E-state index < -0.39 is 11.5 Å². The summed E-state index contributed by atoms with van der Waals surface area (Å²) in [5.41, 5.74) is 0.157. The highest BCUT2D eigenvalue weighted by molar-refractivity contribution is 5.93. The zero-order valence-electron chi connectivity index (χ0n) is 14.4. The number of amides is 1. The molecule has 134 valence electrons. The maximum Gasteiger partial charge on any atom is 0.332 e. The second kappa shape index (κ2) is 7.37. The number of hydrogen-bond acceptors (Lipinski definition) is 5. The van der Waals surface area contributed by atoms with E-state index >= 15 is 0 Å². The van der Waals surface area contributed by atoms with E-state index in [1.807, 2.05) is 30.3 Å². The molecule has 6 nitrogen and oxygen atoms in total. The number of ether oxygens (including phenoxy) is 2. The normalized spacial score (nSPS) is 30.5. The molecule has 1 aromatic carbocycles. The van der Waals surface area contributed by atoms with Gasteiger partial charge in [-0.1, -0.05) is 36.4 Å². The molecule has 4 atom stereocenters. The van der Waals surface area contributed by atoms with Crippen molar-refractivity contribution in [3.8, 4) is 0 Å². The average molecular weight is 344 g/mol. The molecule has 1 amide bonds. The van der Waals surface area contributed by atoms with Crippen molar-refractivity contribution in [2.75, 3.05) is 13.7 Å². The molecule has 1 heterocycles. The average Bonchev–Trinajstić information content (AvgIpc) is 3.14. The Bertz CT molecular complexity index is 648. The number of hydrogen-bond donors (Lipinski definition) is 2. The van der Waals surface area contributed by atoms with Gasteiger partial charge in [0, 0.05) is 12.5 Å². The first-order chi connectivity index (χ1) is 12.1. The van der Waals surface area contributed by atoms with E-state index in [1.54, 1.807) is 6.08 Å². The molecule has 1 saturated carbocycles. The Morgan fingerprint density at radius 3 is 2.80 bits per heavy atom. The van der Waals surface area contributed by atoms with E-state index in [4.69, 9.17) is 9.47 Å². The molecule has 2 N–H and O–H groups in total. The molecule has 0 aromatic heterocycles. The third kappa shape index (κ3) is 3.75. The molecule has 2 aliphatic rings. The Morgan fingerprint density at radius 2 is 2.16 bits per heavy atom. The number of rotatable bonds is 7. The second-order valence-corrected chi connectivity index (χ2v) is 6.61. The van der Waals surface area contributed by atoms with Gasteiger partial charge in [0.15, 0.2) is 0 Å². The van der Waals surface area contributed by atoms with Crippen molar-refractivity contribution in [3.63, 3.8) is 0 Å². The van der Waals surface area contributed by atoms with Crippen LogP contribution >= 0.6 is 0 Å². The van der Waals surface area contributed by atoms with Gasteiger partial charge in [-0.05, 0) is 18.4 Å². The summed E-state index contributed by atoms with van der Waals surface area (Å²) < 4.78 is 10.7. The SMILES string of the molecule is C=CC1C[C@]1(NC(=O)C1C[C@@H](OCc2ccccc2)CN1)C(=O)OC. The van der Waals surface area contributed by atoms with Crippen molar-refractivity contribution in [1.29, 1.82) is 0 Å². The van der Waals surface area contributed by atoms with E-state index in [-0.39, 0.29) is 24.0 Å². The predicted octanol–water partition coefficient (Wildman–Crippen LogP) is 1.17. The highest BCUT2D eigenvalue weighted by Gasteiger charge is 2.61. The molecular formula is C19H24N2O4. The van der Waals surface area contributed by atoms with Crippen LogP contribution in [0.3, 0.4) is 0 Å². The summed E-state index contributed by atoms with van der Waals surface area (Å²) in [6.45, 7) is 4.84. The number of benzene rings is 1. The third-order valence-electron chi connectivity index (χ3n) is 4.93. The van der Waals surface area contributed by atoms with E-state index in [0.717, 1.165) is 5.56 Å².